The lowest BCUT2D eigenvalue weighted by atomic mass is 10.1. The summed E-state index contributed by atoms with van der Waals surface area (Å²) in [6, 6.07) is 4.73. The Morgan fingerprint density at radius 1 is 0.816 bits per heavy atom. The van der Waals surface area contributed by atoms with Crippen molar-refractivity contribution in [2.45, 2.75) is 76.3 Å². The van der Waals surface area contributed by atoms with Crippen LogP contribution < -0.4 is 10.5 Å². The van der Waals surface area contributed by atoms with Crippen LogP contribution in [-0.2, 0) is 19.1 Å². The predicted molar refractivity (Wildman–Crippen MR) is 161 cm³/mol. The molecule has 2 aromatic rings. The van der Waals surface area contributed by atoms with Crippen molar-refractivity contribution in [3.63, 3.8) is 0 Å². The molecule has 0 radical (unpaired) electrons. The quantitative estimate of drug-likeness (QED) is 0.244. The first-order chi connectivity index (χ1) is 16.8. The summed E-state index contributed by atoms with van der Waals surface area (Å²) >= 11 is 15.4. The molecule has 0 unspecified atom stereocenters. The molecule has 15 heteroatoms. The molecule has 0 spiro atoms. The van der Waals surface area contributed by atoms with Gasteiger partial charge in [0.1, 0.15) is 11.6 Å². The van der Waals surface area contributed by atoms with Gasteiger partial charge in [-0.2, -0.15) is 0 Å². The number of benzene rings is 2. The van der Waals surface area contributed by atoms with Crippen LogP contribution >= 0.6 is 65.7 Å². The van der Waals surface area contributed by atoms with E-state index >= 15 is 0 Å². The summed E-state index contributed by atoms with van der Waals surface area (Å²) in [5.41, 5.74) is 5.44. The summed E-state index contributed by atoms with van der Waals surface area (Å²) < 4.78 is 74.9. The normalized spacial score (nSPS) is 11.8. The van der Waals surface area contributed by atoms with Gasteiger partial charge in [0.2, 0.25) is 10.0 Å². The van der Waals surface area contributed by atoms with Crippen molar-refractivity contribution in [3.05, 3.63) is 56.0 Å². The van der Waals surface area contributed by atoms with E-state index in [1.165, 1.54) is 19.1 Å². The number of nitrogens with two attached hydrogens (primary N) is 1. The van der Waals surface area contributed by atoms with Crippen LogP contribution in [0.2, 0.25) is 0 Å². The van der Waals surface area contributed by atoms with E-state index in [4.69, 9.17) is 39.6 Å². The van der Waals surface area contributed by atoms with Crippen LogP contribution in [0, 0.1) is 25.5 Å². The van der Waals surface area contributed by atoms with Crippen LogP contribution in [0.25, 0.3) is 0 Å². The van der Waals surface area contributed by atoms with Crippen molar-refractivity contribution in [1.82, 2.24) is 4.72 Å². The molecule has 0 aliphatic rings. The molecule has 6 nitrogen and oxygen atoms in total. The molecule has 0 saturated carbocycles. The zero-order valence-corrected chi connectivity index (χ0v) is 29.3. The Balaban J connectivity index is 0. The van der Waals surface area contributed by atoms with E-state index in [0.29, 0.717) is 5.56 Å². The number of sulfonamides is 1. The van der Waals surface area contributed by atoms with Gasteiger partial charge in [0.15, 0.2) is 0 Å². The molecule has 0 aliphatic carbocycles. The smallest absolute Gasteiger partial charge is 0.261 e. The first-order valence-electron chi connectivity index (χ1n) is 10.6. The third-order valence-corrected chi connectivity index (χ3v) is 8.01. The molecule has 0 bridgehead atoms. The molecule has 2 rings (SSSR count). The molecule has 38 heavy (non-hydrogen) atoms. The van der Waals surface area contributed by atoms with Crippen LogP contribution in [0.3, 0.4) is 0 Å². The largest absolute Gasteiger partial charge is 0.326 e. The first-order valence-corrected chi connectivity index (χ1v) is 17.0. The highest BCUT2D eigenvalue weighted by molar-refractivity contribution is 9.10. The van der Waals surface area contributed by atoms with Crippen LogP contribution in [-0.4, -0.2) is 33.3 Å². The summed E-state index contributed by atoms with van der Waals surface area (Å²) in [4.78, 5) is 0.00291. The maximum absolute atomic E-state index is 13.2. The maximum atomic E-state index is 13.2. The molecular formula is C23H33Br2Cl3F2N2O4S2. The Kier molecular flexibility index (Phi) is 17.3. The molecule has 0 saturated heterocycles. The van der Waals surface area contributed by atoms with Crippen molar-refractivity contribution in [2.24, 2.45) is 5.73 Å². The Bertz CT molecular complexity index is 1280. The van der Waals surface area contributed by atoms with Gasteiger partial charge in [0.05, 0.1) is 24.1 Å². The highest BCUT2D eigenvalue weighted by Gasteiger charge is 2.24. The molecule has 0 aromatic heterocycles. The zero-order valence-electron chi connectivity index (χ0n) is 22.2. The molecule has 0 fully saturated rings. The van der Waals surface area contributed by atoms with Gasteiger partial charge in [0.25, 0.3) is 9.05 Å². The van der Waals surface area contributed by atoms with Crippen molar-refractivity contribution in [3.8, 4) is 0 Å². The van der Waals surface area contributed by atoms with Crippen LogP contribution in [0.15, 0.2) is 43.0 Å². The highest BCUT2D eigenvalue weighted by atomic mass is 79.9. The maximum Gasteiger partial charge on any atom is 0.261 e. The average Bonchev–Trinajstić information content (AvgIpc) is 2.64. The minimum atomic E-state index is -3.80. The third kappa shape index (κ3) is 17.6. The minimum Gasteiger partial charge on any atom is -0.326 e. The third-order valence-electron chi connectivity index (χ3n) is 3.43. The second-order valence-corrected chi connectivity index (χ2v) is 16.5. The minimum absolute atomic E-state index is 0. The van der Waals surface area contributed by atoms with Crippen molar-refractivity contribution >= 4 is 84.8 Å². The molecule has 3 N–H and O–H groups in total. The molecule has 2 aromatic carbocycles. The van der Waals surface area contributed by atoms with Crippen LogP contribution in [0.4, 0.5) is 8.78 Å². The Morgan fingerprint density at radius 2 is 1.11 bits per heavy atom. The van der Waals surface area contributed by atoms with E-state index in [-0.39, 0.29) is 35.2 Å². The summed E-state index contributed by atoms with van der Waals surface area (Å²) in [5, 5.41) is 0.194. The Labute approximate surface area is 256 Å². The number of hydrogen-bond acceptors (Lipinski definition) is 5. The number of alkyl halides is 2. The van der Waals surface area contributed by atoms with E-state index < -0.39 is 36.2 Å². The number of halogens is 7. The van der Waals surface area contributed by atoms with Gasteiger partial charge in [0, 0.05) is 21.8 Å². The lowest BCUT2D eigenvalue weighted by Crippen LogP contribution is -2.40. The van der Waals surface area contributed by atoms with E-state index in [1.54, 1.807) is 27.7 Å². The second kappa shape index (κ2) is 16.4. The molecular weight excluding hydrogens is 737 g/mol. The van der Waals surface area contributed by atoms with Gasteiger partial charge >= 0.3 is 0 Å². The fourth-order valence-corrected chi connectivity index (χ4v) is 6.13. The Morgan fingerprint density at radius 3 is 1.39 bits per heavy atom. The zero-order chi connectivity index (χ0) is 30.9. The van der Waals surface area contributed by atoms with E-state index in [9.17, 15) is 25.6 Å². The molecule has 220 valence electrons. The van der Waals surface area contributed by atoms with Crippen molar-refractivity contribution in [2.75, 3.05) is 5.34 Å². The summed E-state index contributed by atoms with van der Waals surface area (Å²) in [7, 11) is -2.31. The lowest BCUT2D eigenvalue weighted by Gasteiger charge is -2.21. The predicted octanol–water partition coefficient (Wildman–Crippen LogP) is 7.96. The second-order valence-electron chi connectivity index (χ2n) is 9.82. The van der Waals surface area contributed by atoms with Gasteiger partial charge < -0.3 is 5.73 Å². The van der Waals surface area contributed by atoms with Gasteiger partial charge in [-0.25, -0.2) is 30.3 Å². The lowest BCUT2D eigenvalue weighted by molar-refractivity contribution is 0.491. The first kappa shape index (κ1) is 40.1. The van der Waals surface area contributed by atoms with Gasteiger partial charge in [-0.15, -0.1) is 23.2 Å². The number of hydrogen-bond donors (Lipinski definition) is 2. The number of nitrogens with one attached hydrogen (secondary N) is 1. The van der Waals surface area contributed by atoms with Crippen LogP contribution in [0.1, 0.15) is 52.7 Å². The summed E-state index contributed by atoms with van der Waals surface area (Å²) in [6.07, 6.45) is 0. The van der Waals surface area contributed by atoms with Gasteiger partial charge in [-0.3, -0.25) is 0 Å². The Hall–Kier alpha value is -0.0500. The fourth-order valence-electron chi connectivity index (χ4n) is 2.27. The number of aryl methyl sites for hydroxylation is 2. The standard InChI is InChI=1S/C11H15BrFNO2S.C7H5BrClFO2S.C4H11N.CH2Cl2/c1-7-5-9(13)8(12)6-10(7)17(15,16)14-11(2,3)4;1-4-2-6(10)5(8)3-7(4)13(9,11)12;1-4(2,3)5;2-1-3/h5-6,14H,1-4H3;2-3H,1H3;5H2,1-3H3;1H2. The SMILES string of the molecule is CC(C)(C)N.Cc1cc(F)c(Br)cc1S(=O)(=O)Cl.Cc1cc(F)c(Br)cc1S(=O)(=O)NC(C)(C)C.ClCCl. The van der Waals surface area contributed by atoms with E-state index in [1.807, 2.05) is 20.8 Å². The molecule has 0 aliphatic heterocycles. The summed E-state index contributed by atoms with van der Waals surface area (Å²) in [5.74, 6) is -0.987. The molecule has 0 atom stereocenters. The highest BCUT2D eigenvalue weighted by Crippen LogP contribution is 2.26. The number of rotatable bonds is 3. The average molecular weight is 770 g/mol. The van der Waals surface area contributed by atoms with E-state index in [0.717, 1.165) is 12.1 Å². The van der Waals surface area contributed by atoms with Crippen LogP contribution in [0.5, 0.6) is 0 Å². The topological polar surface area (TPSA) is 106 Å². The fraction of sp³-hybridized carbons (Fsp3) is 0.478. The van der Waals surface area contributed by atoms with Gasteiger partial charge in [-0.1, -0.05) is 0 Å². The monoisotopic (exact) mass is 766 g/mol. The van der Waals surface area contributed by atoms with E-state index in [2.05, 4.69) is 36.6 Å². The van der Waals surface area contributed by atoms with Crippen molar-refractivity contribution < 1.29 is 25.6 Å². The summed E-state index contributed by atoms with van der Waals surface area (Å²) in [6.45, 7) is 14.2. The molecule has 0 heterocycles. The van der Waals surface area contributed by atoms with Crippen molar-refractivity contribution in [1.29, 1.82) is 0 Å². The van der Waals surface area contributed by atoms with Gasteiger partial charge in [-0.05, 0) is 123 Å². The molecule has 0 amide bonds.